The maximum Gasteiger partial charge on any atom is 0.195 e. The Balaban J connectivity index is 1.99. The highest BCUT2D eigenvalue weighted by atomic mass is 16.2. The van der Waals surface area contributed by atoms with E-state index in [0.717, 1.165) is 16.3 Å². The zero-order valence-corrected chi connectivity index (χ0v) is 15.8. The van der Waals surface area contributed by atoms with Crippen LogP contribution in [0.5, 0.6) is 0 Å². The van der Waals surface area contributed by atoms with Gasteiger partial charge in [0.15, 0.2) is 5.78 Å². The molecule has 0 saturated carbocycles. The lowest BCUT2D eigenvalue weighted by atomic mass is 9.95. The van der Waals surface area contributed by atoms with Gasteiger partial charge in [-0.25, -0.2) is 0 Å². The van der Waals surface area contributed by atoms with Crippen LogP contribution in [0.2, 0.25) is 0 Å². The Kier molecular flexibility index (Phi) is 3.80. The molecular formula is C25H25NO2. The number of carbonyl (C=O) groups is 1. The Bertz CT molecular complexity index is 1390. The number of unbranched alkanes of at least 4 members (excludes halogenated alkanes) is 2. The second kappa shape index (κ2) is 7.99. The zero-order valence-electron chi connectivity index (χ0n) is 20.8. The number of hydrogen-bond acceptors (Lipinski definition) is 2. The van der Waals surface area contributed by atoms with Gasteiger partial charge in [0.1, 0.15) is 0 Å². The number of fused-ring (bicyclic) bond motifs is 2. The van der Waals surface area contributed by atoms with Crippen molar-refractivity contribution >= 4 is 27.5 Å². The van der Waals surface area contributed by atoms with Crippen LogP contribution in [-0.2, 0) is 6.54 Å². The quantitative estimate of drug-likeness (QED) is 0.342. The summed E-state index contributed by atoms with van der Waals surface area (Å²) in [5.41, 5.74) is 1.58. The molecule has 28 heavy (non-hydrogen) atoms. The number of para-hydroxylation sites is 1. The first-order valence-electron chi connectivity index (χ1n) is 12.0. The topological polar surface area (TPSA) is 42.2 Å². The normalized spacial score (nSPS) is 13.9. The van der Waals surface area contributed by atoms with Gasteiger partial charge in [0, 0.05) is 41.4 Å². The van der Waals surface area contributed by atoms with Crippen LogP contribution in [0.4, 0.5) is 0 Å². The Labute approximate surface area is 172 Å². The molecule has 0 radical (unpaired) electrons. The SMILES string of the molecule is [2H]c1c([2H])c([2H])c2c(c1[2H])c(C(=O)c1ccc(C)c3ccccc13)c([2H])n2CCCCCO. The molecule has 0 saturated heterocycles. The number of benzene rings is 3. The van der Waals surface area contributed by atoms with E-state index in [-0.39, 0.29) is 47.4 Å². The molecule has 0 spiro atoms. The molecule has 0 amide bonds. The lowest BCUT2D eigenvalue weighted by molar-refractivity contribution is 0.104. The van der Waals surface area contributed by atoms with E-state index in [0.29, 0.717) is 31.4 Å². The summed E-state index contributed by atoms with van der Waals surface area (Å²) < 4.78 is 43.5. The van der Waals surface area contributed by atoms with Crippen molar-refractivity contribution in [3.8, 4) is 0 Å². The molecule has 142 valence electrons. The third kappa shape index (κ3) is 3.34. The van der Waals surface area contributed by atoms with Crippen LogP contribution in [0.1, 0.15) is 47.6 Å². The number of hydrogen-bond donors (Lipinski definition) is 1. The van der Waals surface area contributed by atoms with Crippen LogP contribution in [0, 0.1) is 6.92 Å². The van der Waals surface area contributed by atoms with Gasteiger partial charge in [-0.2, -0.15) is 0 Å². The molecule has 1 N–H and O–H groups in total. The van der Waals surface area contributed by atoms with Gasteiger partial charge in [-0.1, -0.05) is 54.5 Å². The van der Waals surface area contributed by atoms with Crippen molar-refractivity contribution in [3.63, 3.8) is 0 Å². The molecule has 0 aliphatic rings. The fourth-order valence-corrected chi connectivity index (χ4v) is 3.61. The highest BCUT2D eigenvalue weighted by molar-refractivity contribution is 6.21. The summed E-state index contributed by atoms with van der Waals surface area (Å²) in [7, 11) is 0. The molecule has 1 aromatic heterocycles. The van der Waals surface area contributed by atoms with Crippen molar-refractivity contribution in [2.75, 3.05) is 6.61 Å². The highest BCUT2D eigenvalue weighted by Gasteiger charge is 2.18. The number of aliphatic hydroxyl groups is 1. The molecule has 0 bridgehead atoms. The molecule has 3 heteroatoms. The highest BCUT2D eigenvalue weighted by Crippen LogP contribution is 2.28. The summed E-state index contributed by atoms with van der Waals surface area (Å²) in [5.74, 6) is -0.430. The third-order valence-corrected chi connectivity index (χ3v) is 5.09. The van der Waals surface area contributed by atoms with E-state index in [1.54, 1.807) is 6.07 Å². The number of aryl methyl sites for hydroxylation is 2. The number of rotatable bonds is 7. The van der Waals surface area contributed by atoms with E-state index in [9.17, 15) is 4.79 Å². The summed E-state index contributed by atoms with van der Waals surface area (Å²) in [6.07, 6.45) is 1.80. The average molecular weight is 377 g/mol. The fraction of sp³-hybridized carbons (Fsp3) is 0.240. The number of aromatic nitrogens is 1. The van der Waals surface area contributed by atoms with E-state index in [1.165, 1.54) is 4.57 Å². The largest absolute Gasteiger partial charge is 0.396 e. The van der Waals surface area contributed by atoms with Crippen LogP contribution in [0.3, 0.4) is 0 Å². The first kappa shape index (κ1) is 13.3. The lowest BCUT2D eigenvalue weighted by Crippen LogP contribution is -2.02. The minimum atomic E-state index is -0.430. The molecule has 0 aliphatic carbocycles. The summed E-state index contributed by atoms with van der Waals surface area (Å²) in [4.78, 5) is 13.8. The number of ketones is 1. The third-order valence-electron chi connectivity index (χ3n) is 5.09. The number of carbonyl (C=O) groups excluding carboxylic acids is 1. The molecule has 4 aromatic rings. The standard InChI is InChI=1S/C25H25NO2/c1-18-13-14-22(20-10-4-3-9-19(18)20)25(28)23-17-26(15-7-2-8-16-27)24-12-6-5-11-21(23)24/h3-6,9-14,17,27H,2,7-8,15-16H2,1H3/i5D,6D,11D,12D,17D. The first-order valence-corrected chi connectivity index (χ1v) is 9.52. The Morgan fingerprint density at radius 3 is 2.57 bits per heavy atom. The molecule has 1 heterocycles. The van der Waals surface area contributed by atoms with Gasteiger partial charge >= 0.3 is 0 Å². The van der Waals surface area contributed by atoms with Gasteiger partial charge in [-0.15, -0.1) is 0 Å². The summed E-state index contributed by atoms with van der Waals surface area (Å²) >= 11 is 0. The van der Waals surface area contributed by atoms with E-state index < -0.39 is 11.8 Å². The zero-order chi connectivity index (χ0) is 23.9. The molecule has 0 fully saturated rings. The van der Waals surface area contributed by atoms with E-state index >= 15 is 0 Å². The van der Waals surface area contributed by atoms with E-state index in [2.05, 4.69) is 0 Å². The van der Waals surface area contributed by atoms with Crippen molar-refractivity contribution in [2.24, 2.45) is 0 Å². The summed E-state index contributed by atoms with van der Waals surface area (Å²) in [5, 5.41) is 10.8. The van der Waals surface area contributed by atoms with Gasteiger partial charge in [0.25, 0.3) is 0 Å². The maximum atomic E-state index is 13.8. The van der Waals surface area contributed by atoms with Crippen molar-refractivity contribution < 1.29 is 16.8 Å². The smallest absolute Gasteiger partial charge is 0.195 e. The minimum absolute atomic E-state index is 0.00633. The van der Waals surface area contributed by atoms with Gasteiger partial charge < -0.3 is 9.67 Å². The average Bonchev–Trinajstić information content (AvgIpc) is 3.11. The minimum Gasteiger partial charge on any atom is -0.396 e. The van der Waals surface area contributed by atoms with Gasteiger partial charge in [0.05, 0.1) is 6.85 Å². The van der Waals surface area contributed by atoms with Crippen molar-refractivity contribution in [1.29, 1.82) is 0 Å². The van der Waals surface area contributed by atoms with Crippen LogP contribution < -0.4 is 0 Å². The second-order valence-electron chi connectivity index (χ2n) is 6.95. The summed E-state index contributed by atoms with van der Waals surface area (Å²) in [6.45, 7) is 2.34. The lowest BCUT2D eigenvalue weighted by Gasteiger charge is -2.08. The van der Waals surface area contributed by atoms with Gasteiger partial charge in [0.2, 0.25) is 0 Å². The molecule has 0 unspecified atom stereocenters. The van der Waals surface area contributed by atoms with Gasteiger partial charge in [-0.05, 0) is 48.6 Å². The molecule has 3 aromatic carbocycles. The van der Waals surface area contributed by atoms with Crippen molar-refractivity contribution in [3.05, 3.63) is 83.4 Å². The van der Waals surface area contributed by atoms with E-state index in [1.807, 2.05) is 37.3 Å². The molecule has 0 atom stereocenters. The first-order chi connectivity index (χ1) is 15.8. The fourth-order valence-electron chi connectivity index (χ4n) is 3.61. The molecule has 3 nitrogen and oxygen atoms in total. The van der Waals surface area contributed by atoms with Gasteiger partial charge in [-0.3, -0.25) is 4.79 Å². The summed E-state index contributed by atoms with van der Waals surface area (Å²) in [6, 6.07) is 9.71. The van der Waals surface area contributed by atoms with Crippen LogP contribution in [-0.4, -0.2) is 22.1 Å². The predicted molar refractivity (Wildman–Crippen MR) is 115 cm³/mol. The molecule has 4 rings (SSSR count). The monoisotopic (exact) mass is 376 g/mol. The van der Waals surface area contributed by atoms with Crippen molar-refractivity contribution in [1.82, 2.24) is 4.57 Å². The van der Waals surface area contributed by atoms with Crippen LogP contribution in [0.25, 0.3) is 21.7 Å². The molecule has 0 aliphatic heterocycles. The van der Waals surface area contributed by atoms with Crippen LogP contribution in [0.15, 0.2) is 66.7 Å². The maximum absolute atomic E-state index is 13.8. The number of aliphatic hydroxyl groups excluding tert-OH is 1. The number of nitrogens with zero attached hydrogens (tertiary/aromatic N) is 1. The Morgan fingerprint density at radius 2 is 1.75 bits per heavy atom. The van der Waals surface area contributed by atoms with E-state index in [4.69, 9.17) is 12.0 Å². The Morgan fingerprint density at radius 1 is 0.964 bits per heavy atom. The molecular weight excluding hydrogens is 346 g/mol. The Hall–Kier alpha value is -2.91. The van der Waals surface area contributed by atoms with Crippen LogP contribution >= 0.6 is 0 Å². The predicted octanol–water partition coefficient (Wildman–Crippen LogP) is 5.50. The van der Waals surface area contributed by atoms with Crippen molar-refractivity contribution in [2.45, 2.75) is 32.7 Å². The second-order valence-corrected chi connectivity index (χ2v) is 6.95.